The molecule has 6 nitrogen and oxygen atoms in total. The monoisotopic (exact) mass is 352 g/mol. The van der Waals surface area contributed by atoms with Gasteiger partial charge in [-0.2, -0.15) is 0 Å². The van der Waals surface area contributed by atoms with Crippen molar-refractivity contribution in [1.29, 1.82) is 0 Å². The lowest BCUT2D eigenvalue weighted by Crippen LogP contribution is -2.36. The van der Waals surface area contributed by atoms with Gasteiger partial charge in [-0.1, -0.05) is 12.1 Å². The van der Waals surface area contributed by atoms with Gasteiger partial charge in [0, 0.05) is 30.9 Å². The predicted molar refractivity (Wildman–Crippen MR) is 93.4 cm³/mol. The molecule has 0 saturated heterocycles. The molecular formula is C15H20N4O2S2. The Labute approximate surface area is 140 Å². The zero-order valence-corrected chi connectivity index (χ0v) is 15.0. The summed E-state index contributed by atoms with van der Waals surface area (Å²) >= 11 is 1.65. The molecule has 8 heteroatoms. The van der Waals surface area contributed by atoms with E-state index in [4.69, 9.17) is 0 Å². The van der Waals surface area contributed by atoms with Gasteiger partial charge in [0.05, 0.1) is 11.4 Å². The van der Waals surface area contributed by atoms with Crippen LogP contribution in [0.25, 0.3) is 0 Å². The molecule has 0 bridgehead atoms. The molecule has 0 aliphatic heterocycles. The van der Waals surface area contributed by atoms with E-state index in [9.17, 15) is 8.42 Å². The minimum atomic E-state index is -3.16. The maximum Gasteiger partial charge on any atom is 0.191 e. The smallest absolute Gasteiger partial charge is 0.191 e. The van der Waals surface area contributed by atoms with Crippen molar-refractivity contribution in [3.63, 3.8) is 0 Å². The number of sulfone groups is 1. The van der Waals surface area contributed by atoms with E-state index in [1.54, 1.807) is 42.6 Å². The Morgan fingerprint density at radius 3 is 2.39 bits per heavy atom. The second-order valence-electron chi connectivity index (χ2n) is 5.06. The molecule has 2 aromatic rings. The Balaban J connectivity index is 1.88. The molecule has 0 spiro atoms. The highest BCUT2D eigenvalue weighted by molar-refractivity contribution is 7.90. The normalized spacial score (nSPS) is 12.2. The number of rotatable bonds is 5. The molecule has 0 atom stereocenters. The maximum absolute atomic E-state index is 11.4. The van der Waals surface area contributed by atoms with Crippen LogP contribution < -0.4 is 10.6 Å². The van der Waals surface area contributed by atoms with Gasteiger partial charge in [-0.15, -0.1) is 11.3 Å². The number of hydrogen-bond acceptors (Lipinski definition) is 5. The molecule has 0 amide bonds. The van der Waals surface area contributed by atoms with Crippen LogP contribution >= 0.6 is 11.3 Å². The first-order valence-corrected chi connectivity index (χ1v) is 9.74. The van der Waals surface area contributed by atoms with Crippen LogP contribution in [-0.2, 0) is 22.9 Å². The summed E-state index contributed by atoms with van der Waals surface area (Å²) in [7, 11) is -1.45. The topological polar surface area (TPSA) is 83.5 Å². The van der Waals surface area contributed by atoms with E-state index in [0.717, 1.165) is 10.6 Å². The molecule has 2 rings (SSSR count). The van der Waals surface area contributed by atoms with Gasteiger partial charge in [-0.3, -0.25) is 4.99 Å². The fourth-order valence-corrected chi connectivity index (χ4v) is 3.26. The lowest BCUT2D eigenvalue weighted by molar-refractivity contribution is 0.602. The number of guanidine groups is 1. The Morgan fingerprint density at radius 2 is 1.87 bits per heavy atom. The molecular weight excluding hydrogens is 332 g/mol. The molecule has 2 N–H and O–H groups in total. The summed E-state index contributed by atoms with van der Waals surface area (Å²) < 4.78 is 22.9. The number of thiazole rings is 1. The van der Waals surface area contributed by atoms with E-state index in [2.05, 4.69) is 20.6 Å². The summed E-state index contributed by atoms with van der Waals surface area (Å²) in [5.74, 6) is 0.671. The van der Waals surface area contributed by atoms with Crippen molar-refractivity contribution >= 4 is 27.1 Å². The summed E-state index contributed by atoms with van der Waals surface area (Å²) in [5.41, 5.74) is 0.977. The Bertz CT molecular complexity index is 780. The predicted octanol–water partition coefficient (Wildman–Crippen LogP) is 1.72. The molecule has 0 saturated carbocycles. The van der Waals surface area contributed by atoms with Gasteiger partial charge < -0.3 is 10.6 Å². The number of nitrogens with zero attached hydrogens (tertiary/aromatic N) is 2. The van der Waals surface area contributed by atoms with Crippen molar-refractivity contribution in [3.8, 4) is 0 Å². The Morgan fingerprint density at radius 1 is 1.22 bits per heavy atom. The van der Waals surface area contributed by atoms with Crippen molar-refractivity contribution in [1.82, 2.24) is 15.6 Å². The number of nitrogens with one attached hydrogen (secondary N) is 2. The minimum Gasteiger partial charge on any atom is -0.352 e. The lowest BCUT2D eigenvalue weighted by Gasteiger charge is -2.11. The number of benzene rings is 1. The highest BCUT2D eigenvalue weighted by atomic mass is 32.2. The van der Waals surface area contributed by atoms with E-state index < -0.39 is 9.84 Å². The van der Waals surface area contributed by atoms with Crippen LogP contribution in [0, 0.1) is 6.92 Å². The molecule has 0 radical (unpaired) electrons. The Hall–Kier alpha value is -1.93. The second-order valence-corrected chi connectivity index (χ2v) is 8.40. The lowest BCUT2D eigenvalue weighted by atomic mass is 10.2. The summed E-state index contributed by atoms with van der Waals surface area (Å²) in [4.78, 5) is 9.95. The van der Waals surface area contributed by atoms with Gasteiger partial charge >= 0.3 is 0 Å². The molecule has 1 heterocycles. The quantitative estimate of drug-likeness (QED) is 0.632. The van der Waals surface area contributed by atoms with E-state index >= 15 is 0 Å². The van der Waals surface area contributed by atoms with E-state index in [1.165, 1.54) is 11.1 Å². The highest BCUT2D eigenvalue weighted by Crippen LogP contribution is 2.11. The summed E-state index contributed by atoms with van der Waals surface area (Å²) in [5, 5.41) is 7.39. The number of aryl methyl sites for hydroxylation is 1. The van der Waals surface area contributed by atoms with Gasteiger partial charge in [0.2, 0.25) is 0 Å². The first kappa shape index (κ1) is 17.4. The third-order valence-corrected chi connectivity index (χ3v) is 5.15. The second kappa shape index (κ2) is 7.56. The largest absolute Gasteiger partial charge is 0.352 e. The van der Waals surface area contributed by atoms with Crippen LogP contribution in [0.4, 0.5) is 0 Å². The molecule has 0 unspecified atom stereocenters. The summed E-state index contributed by atoms with van der Waals surface area (Å²) in [6.45, 7) is 3.19. The molecule has 1 aromatic heterocycles. The maximum atomic E-state index is 11.4. The van der Waals surface area contributed by atoms with Gasteiger partial charge in [0.15, 0.2) is 15.8 Å². The number of aromatic nitrogens is 1. The van der Waals surface area contributed by atoms with Crippen LogP contribution in [0.3, 0.4) is 0 Å². The summed E-state index contributed by atoms with van der Waals surface area (Å²) in [6, 6.07) is 6.81. The number of hydrogen-bond donors (Lipinski definition) is 2. The fraction of sp³-hybridized carbons (Fsp3) is 0.333. The van der Waals surface area contributed by atoms with E-state index in [1.807, 2.05) is 13.1 Å². The number of aliphatic imine (C=N–C) groups is 1. The SMILES string of the molecule is CN=C(NCc1ccc(S(C)(=O)=O)cc1)NCc1ncc(C)s1. The molecule has 0 fully saturated rings. The minimum absolute atomic E-state index is 0.322. The van der Waals surface area contributed by atoms with Gasteiger partial charge in [-0.05, 0) is 24.6 Å². The van der Waals surface area contributed by atoms with Gasteiger partial charge in [0.25, 0.3) is 0 Å². The highest BCUT2D eigenvalue weighted by Gasteiger charge is 2.06. The van der Waals surface area contributed by atoms with Crippen LogP contribution in [0.15, 0.2) is 40.4 Å². The third-order valence-electron chi connectivity index (χ3n) is 3.11. The first-order chi connectivity index (χ1) is 10.9. The van der Waals surface area contributed by atoms with Crippen molar-refractivity contribution in [2.75, 3.05) is 13.3 Å². The van der Waals surface area contributed by atoms with Crippen LogP contribution in [0.2, 0.25) is 0 Å². The van der Waals surface area contributed by atoms with Crippen molar-refractivity contribution in [3.05, 3.63) is 45.9 Å². The molecule has 1 aromatic carbocycles. The van der Waals surface area contributed by atoms with Crippen LogP contribution in [0.1, 0.15) is 15.4 Å². The summed E-state index contributed by atoms with van der Waals surface area (Å²) in [6.07, 6.45) is 3.05. The molecule has 124 valence electrons. The Kier molecular flexibility index (Phi) is 5.73. The van der Waals surface area contributed by atoms with Crippen molar-refractivity contribution < 1.29 is 8.42 Å². The molecule has 0 aliphatic rings. The van der Waals surface area contributed by atoms with Crippen LogP contribution in [-0.4, -0.2) is 32.7 Å². The van der Waals surface area contributed by atoms with E-state index in [0.29, 0.717) is 23.9 Å². The zero-order chi connectivity index (χ0) is 16.9. The van der Waals surface area contributed by atoms with Crippen molar-refractivity contribution in [2.45, 2.75) is 24.9 Å². The zero-order valence-electron chi connectivity index (χ0n) is 13.3. The molecule has 0 aliphatic carbocycles. The fourth-order valence-electron chi connectivity index (χ4n) is 1.90. The van der Waals surface area contributed by atoms with Crippen molar-refractivity contribution in [2.24, 2.45) is 4.99 Å². The average molecular weight is 352 g/mol. The van der Waals surface area contributed by atoms with Gasteiger partial charge in [0.1, 0.15) is 5.01 Å². The van der Waals surface area contributed by atoms with E-state index in [-0.39, 0.29) is 0 Å². The standard InChI is InChI=1S/C15H20N4O2S2/c1-11-8-17-14(22-11)10-19-15(16-2)18-9-12-4-6-13(7-5-12)23(3,20)21/h4-8H,9-10H2,1-3H3,(H2,16,18,19). The van der Waals surface area contributed by atoms with Crippen LogP contribution in [0.5, 0.6) is 0 Å². The average Bonchev–Trinajstić information content (AvgIpc) is 2.92. The molecule has 23 heavy (non-hydrogen) atoms. The first-order valence-electron chi connectivity index (χ1n) is 7.03. The third kappa shape index (κ3) is 5.33. The van der Waals surface area contributed by atoms with Gasteiger partial charge in [-0.25, -0.2) is 13.4 Å².